The molecule has 1 aromatic carbocycles. The third kappa shape index (κ3) is 4.70. The summed E-state index contributed by atoms with van der Waals surface area (Å²) < 4.78 is 21.4. The van der Waals surface area contributed by atoms with Crippen molar-refractivity contribution in [3.63, 3.8) is 0 Å². The van der Waals surface area contributed by atoms with Gasteiger partial charge in [0.25, 0.3) is 0 Å². The zero-order valence-corrected chi connectivity index (χ0v) is 15.9. The first-order valence-corrected chi connectivity index (χ1v) is 8.39. The number of hydrogen-bond acceptors (Lipinski definition) is 5. The fourth-order valence-corrected chi connectivity index (χ4v) is 2.78. The van der Waals surface area contributed by atoms with Crippen LogP contribution in [0.5, 0.6) is 17.2 Å². The number of likely N-dealkylation sites (N-methyl/N-ethyl adjacent to an activating group) is 1. The van der Waals surface area contributed by atoms with E-state index in [1.165, 1.54) is 4.90 Å². The lowest BCUT2D eigenvalue weighted by Crippen LogP contribution is -3.07. The van der Waals surface area contributed by atoms with Gasteiger partial charge >= 0.3 is 0 Å². The van der Waals surface area contributed by atoms with E-state index in [9.17, 15) is 4.79 Å². The van der Waals surface area contributed by atoms with E-state index < -0.39 is 0 Å². The Labute approximate surface area is 153 Å². The first-order chi connectivity index (χ1) is 12.5. The Morgan fingerprint density at radius 1 is 1.15 bits per heavy atom. The van der Waals surface area contributed by atoms with Crippen LogP contribution in [-0.4, -0.2) is 47.9 Å². The van der Waals surface area contributed by atoms with Gasteiger partial charge in [0, 0.05) is 0 Å². The molecule has 7 heteroatoms. The van der Waals surface area contributed by atoms with E-state index in [-0.39, 0.29) is 18.4 Å². The van der Waals surface area contributed by atoms with Crippen molar-refractivity contribution in [2.45, 2.75) is 12.5 Å². The number of quaternary nitrogens is 1. The monoisotopic (exact) mass is 363 g/mol. The largest absolute Gasteiger partial charge is 0.493 e. The lowest BCUT2D eigenvalue weighted by molar-refractivity contribution is -0.891. The fourth-order valence-electron chi connectivity index (χ4n) is 2.78. The Morgan fingerprint density at radius 2 is 1.81 bits per heavy atom. The molecular weight excluding hydrogens is 336 g/mol. The van der Waals surface area contributed by atoms with Gasteiger partial charge in [-0.15, -0.1) is 0 Å². The van der Waals surface area contributed by atoms with Crippen molar-refractivity contribution < 1.29 is 28.3 Å². The van der Waals surface area contributed by atoms with Gasteiger partial charge in [-0.1, -0.05) is 0 Å². The second kappa shape index (κ2) is 9.15. The Kier molecular flexibility index (Phi) is 6.91. The Bertz CT molecular complexity index is 688. The molecule has 2 N–H and O–H groups in total. The Hall–Kier alpha value is -2.67. The zero-order valence-electron chi connectivity index (χ0n) is 15.9. The van der Waals surface area contributed by atoms with Gasteiger partial charge in [0.2, 0.25) is 11.7 Å². The number of rotatable bonds is 9. The van der Waals surface area contributed by atoms with E-state index in [0.717, 1.165) is 11.3 Å². The minimum Gasteiger partial charge on any atom is -0.493 e. The molecule has 26 heavy (non-hydrogen) atoms. The summed E-state index contributed by atoms with van der Waals surface area (Å²) in [5.74, 6) is 2.32. The van der Waals surface area contributed by atoms with Gasteiger partial charge in [-0.25, -0.2) is 0 Å². The van der Waals surface area contributed by atoms with E-state index in [1.54, 1.807) is 39.7 Å². The molecule has 1 heterocycles. The second-order valence-corrected chi connectivity index (χ2v) is 6.16. The molecule has 2 rings (SSSR count). The molecule has 0 aliphatic heterocycles. The van der Waals surface area contributed by atoms with Gasteiger partial charge in [0.05, 0.1) is 54.7 Å². The topological polar surface area (TPSA) is 74.4 Å². The highest BCUT2D eigenvalue weighted by molar-refractivity contribution is 5.79. The highest BCUT2D eigenvalue weighted by Gasteiger charge is 2.22. The van der Waals surface area contributed by atoms with Gasteiger partial charge < -0.3 is 28.8 Å². The maximum absolute atomic E-state index is 12.4. The SMILES string of the molecule is COc1cc(CC(=O)NC[C@@H](c2ccco2)[NH+](C)C)cc(OC)c1OC. The molecule has 7 nitrogen and oxygen atoms in total. The van der Waals surface area contributed by atoms with Crippen molar-refractivity contribution in [3.05, 3.63) is 41.9 Å². The minimum atomic E-state index is -0.0860. The highest BCUT2D eigenvalue weighted by Crippen LogP contribution is 2.38. The first-order valence-electron chi connectivity index (χ1n) is 8.39. The van der Waals surface area contributed by atoms with Crippen LogP contribution < -0.4 is 24.4 Å². The molecule has 142 valence electrons. The molecule has 0 spiro atoms. The van der Waals surface area contributed by atoms with Crippen LogP contribution in [-0.2, 0) is 11.2 Å². The Morgan fingerprint density at radius 3 is 2.27 bits per heavy atom. The molecule has 1 amide bonds. The maximum Gasteiger partial charge on any atom is 0.224 e. The lowest BCUT2D eigenvalue weighted by atomic mass is 10.1. The number of nitrogens with one attached hydrogen (secondary N) is 2. The third-order valence-corrected chi connectivity index (χ3v) is 4.18. The second-order valence-electron chi connectivity index (χ2n) is 6.16. The van der Waals surface area contributed by atoms with Crippen molar-refractivity contribution in [1.82, 2.24) is 5.32 Å². The van der Waals surface area contributed by atoms with Crippen LogP contribution in [0, 0.1) is 0 Å². The predicted molar refractivity (Wildman–Crippen MR) is 97.1 cm³/mol. The number of ether oxygens (including phenoxy) is 3. The molecule has 0 radical (unpaired) electrons. The minimum absolute atomic E-state index is 0.0499. The Balaban J connectivity index is 2.05. The molecule has 0 saturated heterocycles. The van der Waals surface area contributed by atoms with Crippen LogP contribution in [0.25, 0.3) is 0 Å². The van der Waals surface area contributed by atoms with Gasteiger partial charge in [-0.05, 0) is 29.8 Å². The molecule has 1 atom stereocenters. The average molecular weight is 363 g/mol. The molecule has 0 fully saturated rings. The van der Waals surface area contributed by atoms with Crippen molar-refractivity contribution in [2.24, 2.45) is 0 Å². The summed E-state index contributed by atoms with van der Waals surface area (Å²) in [6.07, 6.45) is 1.85. The van der Waals surface area contributed by atoms with Gasteiger partial charge in [-0.3, -0.25) is 4.79 Å². The normalized spacial score (nSPS) is 11.9. The molecule has 1 aromatic heterocycles. The number of benzene rings is 1. The number of amides is 1. The number of carbonyl (C=O) groups is 1. The van der Waals surface area contributed by atoms with Crippen LogP contribution in [0.3, 0.4) is 0 Å². The standard InChI is InChI=1S/C19H26N2O5/c1-21(2)14(15-7-6-8-26-15)12-20-18(22)11-13-9-16(23-3)19(25-5)17(10-13)24-4/h6-10,14H,11-12H2,1-5H3,(H,20,22)/p+1/t14-/m0/s1. The van der Waals surface area contributed by atoms with Crippen molar-refractivity contribution in [1.29, 1.82) is 0 Å². The zero-order chi connectivity index (χ0) is 19.1. The summed E-state index contributed by atoms with van der Waals surface area (Å²) in [4.78, 5) is 13.6. The number of carbonyl (C=O) groups excluding carboxylic acids is 1. The predicted octanol–water partition coefficient (Wildman–Crippen LogP) is 0.850. The summed E-state index contributed by atoms with van der Waals surface area (Å²) in [7, 11) is 8.70. The summed E-state index contributed by atoms with van der Waals surface area (Å²) in [6, 6.07) is 7.38. The molecule has 0 saturated carbocycles. The summed E-state index contributed by atoms with van der Waals surface area (Å²) in [5, 5.41) is 2.97. The van der Waals surface area contributed by atoms with E-state index in [4.69, 9.17) is 18.6 Å². The van der Waals surface area contributed by atoms with Crippen LogP contribution in [0.2, 0.25) is 0 Å². The van der Waals surface area contributed by atoms with Crippen molar-refractivity contribution >= 4 is 5.91 Å². The van der Waals surface area contributed by atoms with Crippen molar-refractivity contribution in [3.8, 4) is 17.2 Å². The molecular formula is C19H27N2O5+. The van der Waals surface area contributed by atoms with Gasteiger partial charge in [-0.2, -0.15) is 0 Å². The van der Waals surface area contributed by atoms with Gasteiger partial charge in [0.15, 0.2) is 23.3 Å². The molecule has 0 aliphatic rings. The molecule has 2 aromatic rings. The number of furan rings is 1. The molecule has 0 bridgehead atoms. The number of hydrogen-bond donors (Lipinski definition) is 2. The van der Waals surface area contributed by atoms with E-state index in [2.05, 4.69) is 5.32 Å². The number of methoxy groups -OCH3 is 3. The van der Waals surface area contributed by atoms with Crippen molar-refractivity contribution in [2.75, 3.05) is 42.0 Å². The summed E-state index contributed by atoms with van der Waals surface area (Å²) in [5.41, 5.74) is 0.781. The third-order valence-electron chi connectivity index (χ3n) is 4.18. The quantitative estimate of drug-likeness (QED) is 0.691. The molecule has 0 unspecified atom stereocenters. The van der Waals surface area contributed by atoms with Gasteiger partial charge in [0.1, 0.15) is 0 Å². The summed E-state index contributed by atoms with van der Waals surface area (Å²) >= 11 is 0. The van der Waals surface area contributed by atoms with E-state index >= 15 is 0 Å². The van der Waals surface area contributed by atoms with Crippen LogP contribution in [0.4, 0.5) is 0 Å². The molecule has 0 aliphatic carbocycles. The van der Waals surface area contributed by atoms with E-state index in [1.807, 2.05) is 26.2 Å². The van der Waals surface area contributed by atoms with Crippen LogP contribution >= 0.6 is 0 Å². The van der Waals surface area contributed by atoms with E-state index in [0.29, 0.717) is 23.8 Å². The first kappa shape index (κ1) is 19.7. The van der Waals surface area contributed by atoms with Crippen LogP contribution in [0.1, 0.15) is 17.4 Å². The average Bonchev–Trinajstić information content (AvgIpc) is 3.14. The lowest BCUT2D eigenvalue weighted by Gasteiger charge is -2.20. The maximum atomic E-state index is 12.4. The smallest absolute Gasteiger partial charge is 0.224 e. The fraction of sp³-hybridized carbons (Fsp3) is 0.421. The highest BCUT2D eigenvalue weighted by atomic mass is 16.5. The van der Waals surface area contributed by atoms with Crippen LogP contribution in [0.15, 0.2) is 34.9 Å². The summed E-state index contributed by atoms with van der Waals surface area (Å²) in [6.45, 7) is 0.485.